The number of carbonyl (C=O) groups is 3. The number of hydrogen-bond acceptors (Lipinski definition) is 12. The number of benzene rings is 1. The zero-order chi connectivity index (χ0) is 40.7. The maximum atomic E-state index is 13.1. The summed E-state index contributed by atoms with van der Waals surface area (Å²) in [4.78, 5) is 41.1. The van der Waals surface area contributed by atoms with Crippen LogP contribution in [0, 0.1) is 11.8 Å². The van der Waals surface area contributed by atoms with Gasteiger partial charge in [0.05, 0.1) is 48.3 Å². The molecule has 2 unspecified atom stereocenters. The first-order chi connectivity index (χ1) is 25.9. The van der Waals surface area contributed by atoms with Crippen molar-refractivity contribution in [3.8, 4) is 5.75 Å². The topological polar surface area (TPSA) is 216 Å². The average molecular weight is 783 g/mol. The van der Waals surface area contributed by atoms with Crippen LogP contribution < -0.4 is 15.8 Å². The van der Waals surface area contributed by atoms with Gasteiger partial charge in [-0.05, 0) is 58.2 Å². The van der Waals surface area contributed by atoms with Crippen molar-refractivity contribution >= 4 is 17.8 Å². The molecule has 1 amide bonds. The highest BCUT2D eigenvalue weighted by Crippen LogP contribution is 2.39. The van der Waals surface area contributed by atoms with Gasteiger partial charge in [0, 0.05) is 43.8 Å². The van der Waals surface area contributed by atoms with E-state index in [-0.39, 0.29) is 56.7 Å². The molecular formula is C38H53F3N4O10. The lowest BCUT2D eigenvalue weighted by Gasteiger charge is -2.23. The van der Waals surface area contributed by atoms with Crippen molar-refractivity contribution in [2.24, 2.45) is 17.6 Å². The minimum Gasteiger partial charge on any atom is -0.491 e. The molecule has 3 rings (SSSR count). The fraction of sp³-hybridized carbons (Fsp3) is 0.579. The summed E-state index contributed by atoms with van der Waals surface area (Å²) in [6.07, 6.45) is 2.18. The highest BCUT2D eigenvalue weighted by molar-refractivity contribution is 5.81. The molecule has 0 spiro atoms. The molecule has 7 atom stereocenters. The van der Waals surface area contributed by atoms with Gasteiger partial charge in [-0.25, -0.2) is 4.98 Å². The summed E-state index contributed by atoms with van der Waals surface area (Å²) in [5, 5.41) is 43.4. The third-order valence-electron chi connectivity index (χ3n) is 8.80. The Labute approximate surface area is 318 Å². The smallest absolute Gasteiger partial charge is 0.416 e. The third kappa shape index (κ3) is 15.8. The van der Waals surface area contributed by atoms with Gasteiger partial charge in [0.2, 0.25) is 5.91 Å². The Balaban J connectivity index is 1.62. The van der Waals surface area contributed by atoms with E-state index in [1.54, 1.807) is 30.7 Å². The van der Waals surface area contributed by atoms with E-state index >= 15 is 0 Å². The number of aliphatic hydroxyl groups is 4. The minimum atomic E-state index is -4.55. The van der Waals surface area contributed by atoms with Crippen LogP contribution in [0.4, 0.5) is 13.2 Å². The molecule has 0 bridgehead atoms. The largest absolute Gasteiger partial charge is 0.491 e. The van der Waals surface area contributed by atoms with Crippen molar-refractivity contribution in [2.45, 2.75) is 121 Å². The molecule has 306 valence electrons. The van der Waals surface area contributed by atoms with E-state index in [1.165, 1.54) is 31.5 Å². The van der Waals surface area contributed by atoms with Crippen LogP contribution in [0.5, 0.6) is 5.75 Å². The number of rotatable bonds is 21. The van der Waals surface area contributed by atoms with Crippen LogP contribution in [0.2, 0.25) is 0 Å². The van der Waals surface area contributed by atoms with Crippen LogP contribution in [0.25, 0.3) is 0 Å². The number of unbranched alkanes of at least 4 members (excludes halogenated alkanes) is 1. The van der Waals surface area contributed by atoms with E-state index in [2.05, 4.69) is 10.3 Å². The number of ether oxygens (including phenoxy) is 3. The number of imidazole rings is 1. The molecular weight excluding hydrogens is 729 g/mol. The number of aliphatic hydroxyl groups excluding tert-OH is 3. The van der Waals surface area contributed by atoms with Gasteiger partial charge in [-0.15, -0.1) is 0 Å². The van der Waals surface area contributed by atoms with Crippen molar-refractivity contribution in [1.29, 1.82) is 0 Å². The van der Waals surface area contributed by atoms with Crippen LogP contribution in [-0.4, -0.2) is 97.2 Å². The van der Waals surface area contributed by atoms with Gasteiger partial charge in [-0.1, -0.05) is 30.4 Å². The van der Waals surface area contributed by atoms with Crippen molar-refractivity contribution in [1.82, 2.24) is 14.9 Å². The van der Waals surface area contributed by atoms with E-state index in [1.807, 2.05) is 12.2 Å². The summed E-state index contributed by atoms with van der Waals surface area (Å²) in [5.74, 6) is -2.42. The van der Waals surface area contributed by atoms with Crippen LogP contribution in [0.15, 0.2) is 61.1 Å². The third-order valence-corrected chi connectivity index (χ3v) is 8.80. The Bertz CT molecular complexity index is 1580. The number of aryl methyl sites for hydroxylation is 1. The van der Waals surface area contributed by atoms with Crippen molar-refractivity contribution in [3.63, 3.8) is 0 Å². The molecule has 1 heterocycles. The molecule has 7 N–H and O–H groups in total. The van der Waals surface area contributed by atoms with Gasteiger partial charge in [-0.2, -0.15) is 13.2 Å². The second kappa shape index (κ2) is 21.7. The quantitative estimate of drug-likeness (QED) is 0.0467. The Kier molecular flexibility index (Phi) is 17.8. The number of nitrogens with zero attached hydrogens (tertiary/aromatic N) is 2. The van der Waals surface area contributed by atoms with E-state index in [4.69, 9.17) is 19.9 Å². The highest BCUT2D eigenvalue weighted by atomic mass is 19.4. The Hall–Kier alpha value is -4.29. The fourth-order valence-electron chi connectivity index (χ4n) is 5.98. The van der Waals surface area contributed by atoms with Crippen LogP contribution >= 0.6 is 0 Å². The summed E-state index contributed by atoms with van der Waals surface area (Å²) in [7, 11) is 0. The molecule has 1 aliphatic rings. The van der Waals surface area contributed by atoms with Gasteiger partial charge in [0.15, 0.2) is 6.29 Å². The van der Waals surface area contributed by atoms with Crippen LogP contribution in [0.3, 0.4) is 0 Å². The number of hydrogen-bond donors (Lipinski definition) is 6. The monoisotopic (exact) mass is 782 g/mol. The molecule has 2 aromatic rings. The van der Waals surface area contributed by atoms with E-state index in [9.17, 15) is 48.0 Å². The zero-order valence-electron chi connectivity index (χ0n) is 31.2. The molecule has 0 saturated heterocycles. The van der Waals surface area contributed by atoms with Gasteiger partial charge < -0.3 is 50.3 Å². The first-order valence-electron chi connectivity index (χ1n) is 18.2. The van der Waals surface area contributed by atoms with Crippen LogP contribution in [0.1, 0.15) is 70.6 Å². The van der Waals surface area contributed by atoms with Crippen molar-refractivity contribution in [3.05, 3.63) is 72.4 Å². The Morgan fingerprint density at radius 3 is 2.53 bits per heavy atom. The number of allylic oxidation sites excluding steroid dienone is 2. The molecule has 0 aliphatic heterocycles. The second-order valence-corrected chi connectivity index (χ2v) is 13.9. The number of amides is 1. The van der Waals surface area contributed by atoms with Crippen LogP contribution in [-0.2, 0) is 43.0 Å². The first-order valence-corrected chi connectivity index (χ1v) is 18.2. The van der Waals surface area contributed by atoms with E-state index in [0.29, 0.717) is 25.0 Å². The Morgan fingerprint density at radius 1 is 1.11 bits per heavy atom. The first kappa shape index (κ1) is 45.1. The van der Waals surface area contributed by atoms with E-state index in [0.717, 1.165) is 12.1 Å². The standard InChI is InChI=1S/C38H53F3N4O10/c1-23(2)54-34(48)12-7-5-4-6-11-30-29(14-13-27(46)21-53-28-10-8-9-25(17-28)38(39,40)41)32(47)19-33(30)55-35(49)15-16-45-20-26(43-22-45)18-31(37(51)52)44-36(50)24(3)42/h4,6,8-10,13-14,17,20,22-24,27,29-33,37,46-47,51-52H,5,7,11-12,15-16,18-19,21,42H2,1-3H3,(H,44,50)/b6-4-,14-13+/t24?,27-,29-,30-,31?,32-,33+/m1/s1. The lowest BCUT2D eigenvalue weighted by molar-refractivity contribution is -0.151. The minimum absolute atomic E-state index is 0.00820. The van der Waals surface area contributed by atoms with Gasteiger partial charge in [0.1, 0.15) is 24.6 Å². The lowest BCUT2D eigenvalue weighted by Crippen LogP contribution is -2.49. The number of esters is 2. The number of nitrogens with two attached hydrogens (primary N) is 1. The fourth-order valence-corrected chi connectivity index (χ4v) is 5.98. The molecule has 1 saturated carbocycles. The van der Waals surface area contributed by atoms with Crippen molar-refractivity contribution in [2.75, 3.05) is 6.61 Å². The summed E-state index contributed by atoms with van der Waals surface area (Å²) < 4.78 is 57.2. The average Bonchev–Trinajstić information content (AvgIpc) is 3.68. The predicted molar refractivity (Wildman–Crippen MR) is 193 cm³/mol. The van der Waals surface area contributed by atoms with Gasteiger partial charge in [0.25, 0.3) is 0 Å². The number of carbonyl (C=O) groups excluding carboxylic acids is 3. The maximum absolute atomic E-state index is 13.1. The summed E-state index contributed by atoms with van der Waals surface area (Å²) in [6.45, 7) is 4.83. The normalized spacial score (nSPS) is 20.6. The second-order valence-electron chi connectivity index (χ2n) is 13.9. The summed E-state index contributed by atoms with van der Waals surface area (Å²) >= 11 is 0. The number of alkyl halides is 3. The highest BCUT2D eigenvalue weighted by Gasteiger charge is 2.42. The van der Waals surface area contributed by atoms with E-state index < -0.39 is 72.1 Å². The van der Waals surface area contributed by atoms with Gasteiger partial charge in [-0.3, -0.25) is 14.4 Å². The molecule has 0 radical (unpaired) electrons. The summed E-state index contributed by atoms with van der Waals surface area (Å²) in [6, 6.07) is 2.38. The predicted octanol–water partition coefficient (Wildman–Crippen LogP) is 2.95. The SMILES string of the molecule is CC(C)OC(=O)CCC/C=C\C[C@@H]1[C@@H](/C=C/[C@@H](O)COc2cccc(C(F)(F)F)c2)[C@H](O)C[C@@H]1OC(=O)CCn1cnc(CC(NC(=O)C(C)N)C(O)O)c1. The zero-order valence-corrected chi connectivity index (χ0v) is 31.2. The molecule has 55 heavy (non-hydrogen) atoms. The molecule has 14 nitrogen and oxygen atoms in total. The number of nitrogens with one attached hydrogen (secondary N) is 1. The van der Waals surface area contributed by atoms with Crippen molar-refractivity contribution < 1.29 is 62.2 Å². The number of aromatic nitrogens is 2. The molecule has 1 aromatic heterocycles. The molecule has 1 aromatic carbocycles. The summed E-state index contributed by atoms with van der Waals surface area (Å²) in [5.41, 5.74) is 5.09. The molecule has 1 aliphatic carbocycles. The Morgan fingerprint density at radius 2 is 1.85 bits per heavy atom. The maximum Gasteiger partial charge on any atom is 0.416 e. The van der Waals surface area contributed by atoms with Gasteiger partial charge >= 0.3 is 18.1 Å². The molecule has 1 fully saturated rings. The number of halogens is 3. The molecule has 17 heteroatoms. The lowest BCUT2D eigenvalue weighted by atomic mass is 9.89.